The van der Waals surface area contributed by atoms with Gasteiger partial charge in [-0.3, -0.25) is 4.79 Å². The van der Waals surface area contributed by atoms with Gasteiger partial charge in [-0.25, -0.2) is 9.97 Å². The lowest BCUT2D eigenvalue weighted by Gasteiger charge is -2.29. The number of nitrogens with one attached hydrogen (secondary N) is 1. The maximum absolute atomic E-state index is 13.0. The van der Waals surface area contributed by atoms with Gasteiger partial charge in [0.05, 0.1) is 0 Å². The molecule has 0 bridgehead atoms. The number of benzene rings is 2. The van der Waals surface area contributed by atoms with Crippen LogP contribution in [-0.2, 0) is 6.42 Å². The van der Waals surface area contributed by atoms with Crippen LogP contribution in [0.1, 0.15) is 28.0 Å². The molecule has 1 aromatic heterocycles. The largest absolute Gasteiger partial charge is 0.340 e. The normalized spacial score (nSPS) is 13.2. The molecule has 2 aromatic carbocycles. The molecule has 1 aliphatic rings. The highest BCUT2D eigenvalue weighted by Gasteiger charge is 2.24. The highest BCUT2D eigenvalue weighted by molar-refractivity contribution is 6.05. The number of anilines is 3. The Hall–Kier alpha value is -3.21. The van der Waals surface area contributed by atoms with E-state index in [2.05, 4.69) is 21.4 Å². The van der Waals surface area contributed by atoms with Gasteiger partial charge in [-0.1, -0.05) is 35.9 Å². The average Bonchev–Trinajstić information content (AvgIpc) is 2.69. The summed E-state index contributed by atoms with van der Waals surface area (Å²) in [5.74, 6) is 0.518. The molecule has 0 fully saturated rings. The lowest BCUT2D eigenvalue weighted by molar-refractivity contribution is 0.0980. The summed E-state index contributed by atoms with van der Waals surface area (Å²) in [5, 5.41) is 3.23. The first kappa shape index (κ1) is 16.3. The minimum atomic E-state index is -0.0912. The van der Waals surface area contributed by atoms with Crippen molar-refractivity contribution in [2.45, 2.75) is 19.8 Å². The Labute approximate surface area is 152 Å². The van der Waals surface area contributed by atoms with Crippen LogP contribution < -0.4 is 10.2 Å². The number of nitrogens with zero attached hydrogens (tertiary/aromatic N) is 3. The average molecular weight is 344 g/mol. The Morgan fingerprint density at radius 1 is 1.08 bits per heavy atom. The molecule has 26 heavy (non-hydrogen) atoms. The highest BCUT2D eigenvalue weighted by atomic mass is 16.2. The molecule has 0 saturated carbocycles. The number of hydrogen-bond donors (Lipinski definition) is 1. The zero-order chi connectivity index (χ0) is 17.9. The number of aryl methyl sites for hydroxylation is 2. The summed E-state index contributed by atoms with van der Waals surface area (Å²) in [6.45, 7) is 2.75. The van der Waals surface area contributed by atoms with E-state index >= 15 is 0 Å². The first-order valence-corrected chi connectivity index (χ1v) is 8.76. The van der Waals surface area contributed by atoms with Crippen molar-refractivity contribution in [3.05, 3.63) is 77.7 Å². The molecule has 0 radical (unpaired) electrons. The lowest BCUT2D eigenvalue weighted by Crippen LogP contribution is -2.36. The van der Waals surface area contributed by atoms with Crippen LogP contribution in [0.4, 0.5) is 17.2 Å². The Kier molecular flexibility index (Phi) is 4.35. The first-order chi connectivity index (χ1) is 12.7. The van der Waals surface area contributed by atoms with Crippen LogP contribution >= 0.6 is 0 Å². The maximum Gasteiger partial charge on any atom is 0.277 e. The first-order valence-electron chi connectivity index (χ1n) is 8.76. The summed E-state index contributed by atoms with van der Waals surface area (Å²) in [6.07, 6.45) is 3.39. The van der Waals surface area contributed by atoms with Gasteiger partial charge in [-0.15, -0.1) is 0 Å². The van der Waals surface area contributed by atoms with Crippen LogP contribution in [0.2, 0.25) is 0 Å². The van der Waals surface area contributed by atoms with Crippen molar-refractivity contribution in [1.29, 1.82) is 0 Å². The molecule has 4 rings (SSSR count). The van der Waals surface area contributed by atoms with Gasteiger partial charge in [0.15, 0.2) is 0 Å². The van der Waals surface area contributed by atoms with Gasteiger partial charge in [0.25, 0.3) is 5.91 Å². The van der Waals surface area contributed by atoms with E-state index in [9.17, 15) is 4.79 Å². The lowest BCUT2D eigenvalue weighted by atomic mass is 10.0. The Balaban J connectivity index is 1.59. The van der Waals surface area contributed by atoms with E-state index in [-0.39, 0.29) is 5.91 Å². The van der Waals surface area contributed by atoms with Crippen LogP contribution in [0.3, 0.4) is 0 Å². The van der Waals surface area contributed by atoms with Crippen molar-refractivity contribution in [2.75, 3.05) is 16.8 Å². The van der Waals surface area contributed by atoms with Crippen molar-refractivity contribution < 1.29 is 4.79 Å². The molecule has 0 spiro atoms. The number of fused-ring (bicyclic) bond motifs is 1. The summed E-state index contributed by atoms with van der Waals surface area (Å²) in [7, 11) is 0. The fourth-order valence-electron chi connectivity index (χ4n) is 3.21. The molecule has 0 saturated heterocycles. The van der Waals surface area contributed by atoms with E-state index in [1.54, 1.807) is 6.07 Å². The van der Waals surface area contributed by atoms with Crippen molar-refractivity contribution in [1.82, 2.24) is 9.97 Å². The standard InChI is InChI=1S/C21H20N4O/c1-15-8-10-17(11-9-15)24-20-13-18(22-14-23-20)21(26)25-12-4-6-16-5-2-3-7-19(16)25/h2-3,5,7-11,13-14H,4,6,12H2,1H3,(H,22,23,24). The van der Waals surface area contributed by atoms with E-state index in [1.807, 2.05) is 54.3 Å². The minimum Gasteiger partial charge on any atom is -0.340 e. The third-order valence-electron chi connectivity index (χ3n) is 4.57. The van der Waals surface area contributed by atoms with Crippen molar-refractivity contribution >= 4 is 23.1 Å². The summed E-state index contributed by atoms with van der Waals surface area (Å²) in [4.78, 5) is 23.3. The van der Waals surface area contributed by atoms with Crippen molar-refractivity contribution in [3.63, 3.8) is 0 Å². The van der Waals surface area contributed by atoms with Crippen molar-refractivity contribution in [3.8, 4) is 0 Å². The molecule has 3 aromatic rings. The van der Waals surface area contributed by atoms with Gasteiger partial charge in [0.1, 0.15) is 17.8 Å². The van der Waals surface area contributed by atoms with E-state index in [0.29, 0.717) is 18.1 Å². The number of carbonyl (C=O) groups excluding carboxylic acids is 1. The van der Waals surface area contributed by atoms with Gasteiger partial charge in [0.2, 0.25) is 0 Å². The predicted octanol–water partition coefficient (Wildman–Crippen LogP) is 4.12. The molecule has 0 aliphatic carbocycles. The molecule has 5 heteroatoms. The fourth-order valence-corrected chi connectivity index (χ4v) is 3.21. The number of carbonyl (C=O) groups is 1. The molecule has 5 nitrogen and oxygen atoms in total. The summed E-state index contributed by atoms with van der Waals surface area (Å²) >= 11 is 0. The number of hydrogen-bond acceptors (Lipinski definition) is 4. The second kappa shape index (κ2) is 6.96. The Morgan fingerprint density at radius 2 is 1.88 bits per heavy atom. The molecule has 0 unspecified atom stereocenters. The molecule has 0 atom stereocenters. The summed E-state index contributed by atoms with van der Waals surface area (Å²) in [5.41, 5.74) is 4.70. The van der Waals surface area contributed by atoms with Crippen LogP contribution in [0.5, 0.6) is 0 Å². The smallest absolute Gasteiger partial charge is 0.277 e. The fraction of sp³-hybridized carbons (Fsp3) is 0.190. The van der Waals surface area contributed by atoms with Gasteiger partial charge in [0, 0.05) is 24.0 Å². The van der Waals surface area contributed by atoms with Crippen LogP contribution in [0, 0.1) is 6.92 Å². The Bertz CT molecular complexity index is 937. The van der Waals surface area contributed by atoms with E-state index < -0.39 is 0 Å². The third-order valence-corrected chi connectivity index (χ3v) is 4.57. The number of aromatic nitrogens is 2. The van der Waals surface area contributed by atoms with Gasteiger partial charge in [-0.2, -0.15) is 0 Å². The Morgan fingerprint density at radius 3 is 2.73 bits per heavy atom. The number of amides is 1. The zero-order valence-electron chi connectivity index (χ0n) is 14.6. The third kappa shape index (κ3) is 3.28. The second-order valence-electron chi connectivity index (χ2n) is 6.47. The zero-order valence-corrected chi connectivity index (χ0v) is 14.6. The monoisotopic (exact) mass is 344 g/mol. The maximum atomic E-state index is 13.0. The van der Waals surface area contributed by atoms with Crippen LogP contribution in [-0.4, -0.2) is 22.4 Å². The molecule has 1 aliphatic heterocycles. The van der Waals surface area contributed by atoms with E-state index in [0.717, 1.165) is 24.2 Å². The van der Waals surface area contributed by atoms with Crippen molar-refractivity contribution in [2.24, 2.45) is 0 Å². The van der Waals surface area contributed by atoms with Gasteiger partial charge in [-0.05, 0) is 43.5 Å². The minimum absolute atomic E-state index is 0.0912. The molecule has 1 amide bonds. The second-order valence-corrected chi connectivity index (χ2v) is 6.47. The molecular weight excluding hydrogens is 324 g/mol. The molecule has 130 valence electrons. The van der Waals surface area contributed by atoms with E-state index in [4.69, 9.17) is 0 Å². The highest BCUT2D eigenvalue weighted by Crippen LogP contribution is 2.28. The predicted molar refractivity (Wildman–Crippen MR) is 103 cm³/mol. The number of para-hydroxylation sites is 1. The van der Waals surface area contributed by atoms with Gasteiger partial charge < -0.3 is 10.2 Å². The summed E-state index contributed by atoms with van der Waals surface area (Å²) in [6, 6.07) is 17.8. The van der Waals surface area contributed by atoms with Crippen LogP contribution in [0.25, 0.3) is 0 Å². The van der Waals surface area contributed by atoms with E-state index in [1.165, 1.54) is 17.5 Å². The van der Waals surface area contributed by atoms with Gasteiger partial charge >= 0.3 is 0 Å². The molecular formula is C21H20N4O. The van der Waals surface area contributed by atoms with Crippen LogP contribution in [0.15, 0.2) is 60.9 Å². The quantitative estimate of drug-likeness (QED) is 0.776. The topological polar surface area (TPSA) is 58.1 Å². The SMILES string of the molecule is Cc1ccc(Nc2cc(C(=O)N3CCCc4ccccc43)ncn2)cc1. The summed E-state index contributed by atoms with van der Waals surface area (Å²) < 4.78 is 0. The molecule has 1 N–H and O–H groups in total. The number of rotatable bonds is 3. The molecule has 2 heterocycles.